The average Bonchev–Trinajstić information content (AvgIpc) is 2.45. The van der Waals surface area contributed by atoms with Gasteiger partial charge in [-0.1, -0.05) is 0 Å². The van der Waals surface area contributed by atoms with Gasteiger partial charge in [-0.2, -0.15) is 0 Å². The lowest BCUT2D eigenvalue weighted by molar-refractivity contribution is 0.0744. The van der Waals surface area contributed by atoms with Crippen LogP contribution in [0.2, 0.25) is 0 Å². The van der Waals surface area contributed by atoms with Crippen molar-refractivity contribution >= 4 is 0 Å². The normalized spacial score (nSPS) is 28.6. The van der Waals surface area contributed by atoms with E-state index in [1.54, 1.807) is 0 Å². The van der Waals surface area contributed by atoms with E-state index in [2.05, 4.69) is 5.32 Å². The first-order chi connectivity index (χ1) is 6.20. The number of rotatable bonds is 5. The Morgan fingerprint density at radius 3 is 2.77 bits per heavy atom. The van der Waals surface area contributed by atoms with Crippen LogP contribution in [0.15, 0.2) is 0 Å². The first kappa shape index (κ1) is 11.0. The number of nitrogens with one attached hydrogen (secondary N) is 1. The van der Waals surface area contributed by atoms with E-state index in [9.17, 15) is 5.11 Å². The predicted octanol–water partition coefficient (Wildman–Crippen LogP) is 0.914. The van der Waals surface area contributed by atoms with Gasteiger partial charge in [0.25, 0.3) is 0 Å². The molecule has 0 aliphatic heterocycles. The summed E-state index contributed by atoms with van der Waals surface area (Å²) in [7, 11) is 0. The second-order valence-electron chi connectivity index (χ2n) is 3.98. The molecule has 1 saturated carbocycles. The Kier molecular flexibility index (Phi) is 4.70. The standard InChI is InChI=1S/C10H21NO2/c1-8(2)13-7-6-11-9-4-3-5-10(9)12/h8-12H,3-7H2,1-2H3/t9-,10-/m1/s1. The first-order valence-corrected chi connectivity index (χ1v) is 5.23. The van der Waals surface area contributed by atoms with Crippen molar-refractivity contribution in [1.82, 2.24) is 5.32 Å². The third-order valence-electron chi connectivity index (χ3n) is 2.44. The molecule has 1 rings (SSSR count). The molecule has 0 aromatic heterocycles. The van der Waals surface area contributed by atoms with Crippen molar-refractivity contribution in [3.05, 3.63) is 0 Å². The first-order valence-electron chi connectivity index (χ1n) is 5.23. The van der Waals surface area contributed by atoms with Gasteiger partial charge >= 0.3 is 0 Å². The Morgan fingerprint density at radius 2 is 2.23 bits per heavy atom. The minimum Gasteiger partial charge on any atom is -0.392 e. The van der Waals surface area contributed by atoms with Crippen LogP contribution in [0.1, 0.15) is 33.1 Å². The maximum absolute atomic E-state index is 9.49. The lowest BCUT2D eigenvalue weighted by atomic mass is 10.2. The van der Waals surface area contributed by atoms with Crippen LogP contribution in [-0.4, -0.2) is 36.5 Å². The van der Waals surface area contributed by atoms with Crippen LogP contribution in [-0.2, 0) is 4.74 Å². The molecule has 3 nitrogen and oxygen atoms in total. The summed E-state index contributed by atoms with van der Waals surface area (Å²) >= 11 is 0. The fourth-order valence-corrected chi connectivity index (χ4v) is 1.72. The summed E-state index contributed by atoms with van der Waals surface area (Å²) in [6.45, 7) is 5.65. The summed E-state index contributed by atoms with van der Waals surface area (Å²) in [5.41, 5.74) is 0. The second kappa shape index (κ2) is 5.58. The summed E-state index contributed by atoms with van der Waals surface area (Å²) in [6, 6.07) is 0.302. The van der Waals surface area contributed by atoms with Crippen molar-refractivity contribution in [1.29, 1.82) is 0 Å². The van der Waals surface area contributed by atoms with Gasteiger partial charge < -0.3 is 15.2 Å². The van der Waals surface area contributed by atoms with Gasteiger partial charge in [-0.05, 0) is 33.1 Å². The highest BCUT2D eigenvalue weighted by Gasteiger charge is 2.23. The molecule has 78 valence electrons. The van der Waals surface area contributed by atoms with Crippen LogP contribution in [0, 0.1) is 0 Å². The Morgan fingerprint density at radius 1 is 1.46 bits per heavy atom. The molecular weight excluding hydrogens is 166 g/mol. The third kappa shape index (κ3) is 4.07. The quantitative estimate of drug-likeness (QED) is 0.629. The largest absolute Gasteiger partial charge is 0.392 e. The number of hydrogen-bond donors (Lipinski definition) is 2. The molecule has 1 fully saturated rings. The van der Waals surface area contributed by atoms with Gasteiger partial charge in [0.05, 0.1) is 18.8 Å². The highest BCUT2D eigenvalue weighted by Crippen LogP contribution is 2.18. The van der Waals surface area contributed by atoms with Crippen molar-refractivity contribution < 1.29 is 9.84 Å². The zero-order valence-corrected chi connectivity index (χ0v) is 8.62. The van der Waals surface area contributed by atoms with Crippen LogP contribution in [0.3, 0.4) is 0 Å². The number of aliphatic hydroxyl groups is 1. The summed E-state index contributed by atoms with van der Waals surface area (Å²) in [5.74, 6) is 0. The molecule has 2 atom stereocenters. The van der Waals surface area contributed by atoms with Crippen molar-refractivity contribution in [3.63, 3.8) is 0 Å². The van der Waals surface area contributed by atoms with Gasteiger partial charge in [0.15, 0.2) is 0 Å². The molecule has 2 N–H and O–H groups in total. The lowest BCUT2D eigenvalue weighted by Gasteiger charge is -2.16. The Bertz CT molecular complexity index is 139. The lowest BCUT2D eigenvalue weighted by Crippen LogP contribution is -2.37. The fraction of sp³-hybridized carbons (Fsp3) is 1.00. The van der Waals surface area contributed by atoms with Gasteiger partial charge in [0.1, 0.15) is 0 Å². The van der Waals surface area contributed by atoms with Gasteiger partial charge in [0, 0.05) is 12.6 Å². The molecule has 0 aromatic rings. The molecule has 0 radical (unpaired) electrons. The highest BCUT2D eigenvalue weighted by molar-refractivity contribution is 4.82. The van der Waals surface area contributed by atoms with Crippen molar-refractivity contribution in [2.24, 2.45) is 0 Å². The molecule has 1 aliphatic rings. The number of hydrogen-bond acceptors (Lipinski definition) is 3. The smallest absolute Gasteiger partial charge is 0.0693 e. The molecule has 3 heteroatoms. The minimum absolute atomic E-state index is 0.140. The zero-order valence-electron chi connectivity index (χ0n) is 8.62. The van der Waals surface area contributed by atoms with Crippen LogP contribution < -0.4 is 5.32 Å². The summed E-state index contributed by atoms with van der Waals surface area (Å²) in [5, 5.41) is 12.8. The highest BCUT2D eigenvalue weighted by atomic mass is 16.5. The van der Waals surface area contributed by atoms with Crippen LogP contribution in [0.25, 0.3) is 0 Å². The van der Waals surface area contributed by atoms with E-state index in [4.69, 9.17) is 4.74 Å². The Balaban J connectivity index is 1.99. The molecule has 1 aliphatic carbocycles. The van der Waals surface area contributed by atoms with E-state index in [1.165, 1.54) is 0 Å². The molecule has 13 heavy (non-hydrogen) atoms. The van der Waals surface area contributed by atoms with Gasteiger partial charge in [0.2, 0.25) is 0 Å². The SMILES string of the molecule is CC(C)OCCN[C@@H]1CCC[C@H]1O. The van der Waals surface area contributed by atoms with Gasteiger partial charge in [-0.25, -0.2) is 0 Å². The zero-order chi connectivity index (χ0) is 9.68. The summed E-state index contributed by atoms with van der Waals surface area (Å²) in [6.07, 6.45) is 3.35. The van der Waals surface area contributed by atoms with Crippen molar-refractivity contribution in [3.8, 4) is 0 Å². The van der Waals surface area contributed by atoms with E-state index < -0.39 is 0 Å². The molecule has 0 bridgehead atoms. The van der Waals surface area contributed by atoms with Crippen LogP contribution >= 0.6 is 0 Å². The third-order valence-corrected chi connectivity index (χ3v) is 2.44. The summed E-state index contributed by atoms with van der Waals surface area (Å²) in [4.78, 5) is 0. The Hall–Kier alpha value is -0.120. The maximum atomic E-state index is 9.49. The molecule has 0 unspecified atom stereocenters. The molecule has 0 aromatic carbocycles. The van der Waals surface area contributed by atoms with E-state index in [0.29, 0.717) is 12.1 Å². The van der Waals surface area contributed by atoms with Gasteiger partial charge in [-0.15, -0.1) is 0 Å². The minimum atomic E-state index is -0.140. The van der Waals surface area contributed by atoms with Crippen LogP contribution in [0.5, 0.6) is 0 Å². The fourth-order valence-electron chi connectivity index (χ4n) is 1.72. The van der Waals surface area contributed by atoms with E-state index in [1.807, 2.05) is 13.8 Å². The molecular formula is C10H21NO2. The number of ether oxygens (including phenoxy) is 1. The monoisotopic (exact) mass is 187 g/mol. The van der Waals surface area contributed by atoms with E-state index >= 15 is 0 Å². The molecule has 0 heterocycles. The second-order valence-corrected chi connectivity index (χ2v) is 3.98. The van der Waals surface area contributed by atoms with E-state index in [-0.39, 0.29) is 6.10 Å². The van der Waals surface area contributed by atoms with Gasteiger partial charge in [-0.3, -0.25) is 0 Å². The molecule has 0 amide bonds. The molecule has 0 saturated heterocycles. The molecule has 0 spiro atoms. The number of aliphatic hydroxyl groups excluding tert-OH is 1. The van der Waals surface area contributed by atoms with E-state index in [0.717, 1.165) is 32.4 Å². The van der Waals surface area contributed by atoms with Crippen LogP contribution in [0.4, 0.5) is 0 Å². The summed E-state index contributed by atoms with van der Waals surface area (Å²) < 4.78 is 5.39. The average molecular weight is 187 g/mol. The Labute approximate surface area is 80.5 Å². The predicted molar refractivity (Wildman–Crippen MR) is 52.7 cm³/mol. The topological polar surface area (TPSA) is 41.5 Å². The maximum Gasteiger partial charge on any atom is 0.0693 e. The van der Waals surface area contributed by atoms with Crippen molar-refractivity contribution in [2.75, 3.05) is 13.2 Å². The van der Waals surface area contributed by atoms with Crippen molar-refractivity contribution in [2.45, 2.75) is 51.4 Å².